The summed E-state index contributed by atoms with van der Waals surface area (Å²) in [5.41, 5.74) is 0.981. The van der Waals surface area contributed by atoms with Crippen molar-refractivity contribution in [1.82, 2.24) is 5.32 Å². The topological polar surface area (TPSA) is 56.8 Å². The molecule has 0 bridgehead atoms. The van der Waals surface area contributed by atoms with Crippen LogP contribution in [0.25, 0.3) is 0 Å². The fourth-order valence-corrected chi connectivity index (χ4v) is 3.19. The Morgan fingerprint density at radius 2 is 1.96 bits per heavy atom. The molecular formula is C18H19NO4S. The van der Waals surface area contributed by atoms with Gasteiger partial charge >= 0.3 is 0 Å². The summed E-state index contributed by atoms with van der Waals surface area (Å²) in [6.07, 6.45) is 0. The largest absolute Gasteiger partial charge is 0.497 e. The van der Waals surface area contributed by atoms with Crippen molar-refractivity contribution in [1.29, 1.82) is 0 Å². The number of hydrogen-bond acceptors (Lipinski definition) is 5. The number of carbonyl (C=O) groups is 1. The predicted molar refractivity (Wildman–Crippen MR) is 92.7 cm³/mol. The molecule has 0 radical (unpaired) electrons. The molecule has 0 aromatic heterocycles. The second-order valence-electron chi connectivity index (χ2n) is 5.34. The van der Waals surface area contributed by atoms with Gasteiger partial charge in [-0.1, -0.05) is 6.07 Å². The van der Waals surface area contributed by atoms with E-state index in [0.717, 1.165) is 27.7 Å². The van der Waals surface area contributed by atoms with Crippen molar-refractivity contribution in [3.05, 3.63) is 48.0 Å². The zero-order chi connectivity index (χ0) is 16.9. The van der Waals surface area contributed by atoms with E-state index in [-0.39, 0.29) is 18.0 Å². The van der Waals surface area contributed by atoms with Gasteiger partial charge in [-0.25, -0.2) is 0 Å². The van der Waals surface area contributed by atoms with Crippen LogP contribution < -0.4 is 19.5 Å². The van der Waals surface area contributed by atoms with Gasteiger partial charge < -0.3 is 19.5 Å². The number of ether oxygens (including phenoxy) is 3. The zero-order valence-corrected chi connectivity index (χ0v) is 14.4. The minimum Gasteiger partial charge on any atom is -0.497 e. The Kier molecular flexibility index (Phi) is 5.15. The number of amides is 1. The molecule has 1 N–H and O–H groups in total. The molecule has 2 aromatic carbocycles. The molecule has 0 spiro atoms. The van der Waals surface area contributed by atoms with Crippen molar-refractivity contribution < 1.29 is 19.0 Å². The Labute approximate surface area is 145 Å². The molecule has 0 aliphatic carbocycles. The highest BCUT2D eigenvalue weighted by molar-refractivity contribution is 8.00. The molecule has 3 rings (SSSR count). The molecule has 0 saturated heterocycles. The van der Waals surface area contributed by atoms with E-state index >= 15 is 0 Å². The lowest BCUT2D eigenvalue weighted by Crippen LogP contribution is -2.30. The van der Waals surface area contributed by atoms with Crippen LogP contribution in [0.1, 0.15) is 12.5 Å². The molecule has 2 aromatic rings. The first kappa shape index (κ1) is 16.5. The molecule has 6 heteroatoms. The lowest BCUT2D eigenvalue weighted by atomic mass is 10.2. The fourth-order valence-electron chi connectivity index (χ4n) is 2.30. The van der Waals surface area contributed by atoms with E-state index in [1.807, 2.05) is 49.4 Å². The Morgan fingerprint density at radius 1 is 1.21 bits per heavy atom. The van der Waals surface area contributed by atoms with Crippen LogP contribution in [-0.4, -0.2) is 25.1 Å². The number of nitrogens with one attached hydrogen (secondary N) is 1. The highest BCUT2D eigenvalue weighted by Gasteiger charge is 2.16. The Morgan fingerprint density at radius 3 is 2.71 bits per heavy atom. The smallest absolute Gasteiger partial charge is 0.233 e. The zero-order valence-electron chi connectivity index (χ0n) is 13.6. The van der Waals surface area contributed by atoms with Crippen LogP contribution in [0.4, 0.5) is 0 Å². The molecule has 5 nitrogen and oxygen atoms in total. The van der Waals surface area contributed by atoms with Crippen LogP contribution in [0.3, 0.4) is 0 Å². The van der Waals surface area contributed by atoms with E-state index in [2.05, 4.69) is 5.32 Å². The van der Waals surface area contributed by atoms with E-state index in [0.29, 0.717) is 6.54 Å². The molecule has 1 aliphatic heterocycles. The van der Waals surface area contributed by atoms with Gasteiger partial charge in [0.15, 0.2) is 11.5 Å². The molecular weight excluding hydrogens is 326 g/mol. The number of benzene rings is 2. The number of fused-ring (bicyclic) bond motifs is 1. The van der Waals surface area contributed by atoms with Crippen molar-refractivity contribution in [2.75, 3.05) is 13.9 Å². The fraction of sp³-hybridized carbons (Fsp3) is 0.278. The summed E-state index contributed by atoms with van der Waals surface area (Å²) in [5.74, 6) is 2.27. The maximum atomic E-state index is 12.3. The third kappa shape index (κ3) is 3.94. The van der Waals surface area contributed by atoms with Crippen LogP contribution in [0.2, 0.25) is 0 Å². The van der Waals surface area contributed by atoms with Crippen molar-refractivity contribution in [3.63, 3.8) is 0 Å². The molecule has 0 saturated carbocycles. The molecule has 1 aliphatic rings. The van der Waals surface area contributed by atoms with E-state index in [9.17, 15) is 4.79 Å². The van der Waals surface area contributed by atoms with Crippen LogP contribution in [-0.2, 0) is 11.3 Å². The highest BCUT2D eigenvalue weighted by Crippen LogP contribution is 2.32. The van der Waals surface area contributed by atoms with Crippen molar-refractivity contribution in [2.45, 2.75) is 23.6 Å². The highest BCUT2D eigenvalue weighted by atomic mass is 32.2. The number of hydrogen-bond donors (Lipinski definition) is 1. The van der Waals surface area contributed by atoms with Gasteiger partial charge in [-0.2, -0.15) is 0 Å². The van der Waals surface area contributed by atoms with Crippen molar-refractivity contribution in [2.24, 2.45) is 0 Å². The normalized spacial score (nSPS) is 13.4. The van der Waals surface area contributed by atoms with E-state index in [1.54, 1.807) is 7.11 Å². The Bertz CT molecular complexity index is 717. The summed E-state index contributed by atoms with van der Waals surface area (Å²) in [7, 11) is 1.63. The number of methoxy groups -OCH3 is 1. The van der Waals surface area contributed by atoms with Gasteiger partial charge in [0.1, 0.15) is 5.75 Å². The van der Waals surface area contributed by atoms with Crippen molar-refractivity contribution in [3.8, 4) is 17.2 Å². The molecule has 1 heterocycles. The Balaban J connectivity index is 1.52. The lowest BCUT2D eigenvalue weighted by molar-refractivity contribution is -0.120. The molecule has 0 unspecified atom stereocenters. The van der Waals surface area contributed by atoms with E-state index in [1.165, 1.54) is 11.8 Å². The summed E-state index contributed by atoms with van der Waals surface area (Å²) in [5, 5.41) is 2.76. The summed E-state index contributed by atoms with van der Waals surface area (Å²) in [6, 6.07) is 13.4. The monoisotopic (exact) mass is 345 g/mol. The van der Waals surface area contributed by atoms with Gasteiger partial charge in [-0.3, -0.25) is 4.79 Å². The molecule has 1 atom stereocenters. The average molecular weight is 345 g/mol. The predicted octanol–water partition coefficient (Wildman–Crippen LogP) is 3.22. The lowest BCUT2D eigenvalue weighted by Gasteiger charge is -2.12. The summed E-state index contributed by atoms with van der Waals surface area (Å²) < 4.78 is 15.8. The summed E-state index contributed by atoms with van der Waals surface area (Å²) in [4.78, 5) is 13.3. The molecule has 126 valence electrons. The van der Waals surface area contributed by atoms with Gasteiger partial charge in [-0.05, 0) is 48.9 Å². The number of carbonyl (C=O) groups excluding carboxylic acids is 1. The Hall–Kier alpha value is -2.34. The van der Waals surface area contributed by atoms with E-state index < -0.39 is 0 Å². The van der Waals surface area contributed by atoms with Gasteiger partial charge in [-0.15, -0.1) is 11.8 Å². The average Bonchev–Trinajstić information content (AvgIpc) is 3.08. The maximum Gasteiger partial charge on any atom is 0.233 e. The van der Waals surface area contributed by atoms with Gasteiger partial charge in [0.25, 0.3) is 0 Å². The first-order valence-corrected chi connectivity index (χ1v) is 8.50. The molecule has 0 fully saturated rings. The standard InChI is InChI=1S/C18H19NO4S/c1-12(24-15-6-4-14(21-2)5-7-15)18(20)19-10-13-3-8-16-17(9-13)23-11-22-16/h3-9,12H,10-11H2,1-2H3,(H,19,20)/t12-/m1/s1. The quantitative estimate of drug-likeness (QED) is 0.815. The van der Waals surface area contributed by atoms with Gasteiger partial charge in [0.05, 0.1) is 12.4 Å². The first-order valence-electron chi connectivity index (χ1n) is 7.62. The summed E-state index contributed by atoms with van der Waals surface area (Å²) >= 11 is 1.51. The third-order valence-corrected chi connectivity index (χ3v) is 4.76. The first-order chi connectivity index (χ1) is 11.7. The minimum atomic E-state index is -0.188. The third-order valence-electron chi connectivity index (χ3n) is 3.65. The van der Waals surface area contributed by atoms with Gasteiger partial charge in [0.2, 0.25) is 12.7 Å². The van der Waals surface area contributed by atoms with E-state index in [4.69, 9.17) is 14.2 Å². The number of rotatable bonds is 6. The summed E-state index contributed by atoms with van der Waals surface area (Å²) in [6.45, 7) is 2.60. The second-order valence-corrected chi connectivity index (χ2v) is 6.76. The number of thioether (sulfide) groups is 1. The molecule has 1 amide bonds. The molecule has 24 heavy (non-hydrogen) atoms. The van der Waals surface area contributed by atoms with Crippen LogP contribution in [0.15, 0.2) is 47.4 Å². The minimum absolute atomic E-state index is 0.00603. The van der Waals surface area contributed by atoms with Crippen LogP contribution >= 0.6 is 11.8 Å². The van der Waals surface area contributed by atoms with Crippen molar-refractivity contribution >= 4 is 17.7 Å². The maximum absolute atomic E-state index is 12.3. The van der Waals surface area contributed by atoms with Crippen LogP contribution in [0.5, 0.6) is 17.2 Å². The SMILES string of the molecule is COc1ccc(S[C@H](C)C(=O)NCc2ccc3c(c2)OCO3)cc1. The van der Waals surface area contributed by atoms with Crippen LogP contribution in [0, 0.1) is 0 Å². The second kappa shape index (κ2) is 7.49. The van der Waals surface area contributed by atoms with Gasteiger partial charge in [0, 0.05) is 11.4 Å².